The molecule has 0 bridgehead atoms. The van der Waals surface area contributed by atoms with Gasteiger partial charge in [-0.2, -0.15) is 8.78 Å². The number of halogens is 4. The fourth-order valence-corrected chi connectivity index (χ4v) is 2.79. The number of methoxy groups -OCH3 is 1. The number of para-hydroxylation sites is 1. The summed E-state index contributed by atoms with van der Waals surface area (Å²) in [4.78, 5) is 0. The molecule has 0 aliphatic rings. The van der Waals surface area contributed by atoms with E-state index in [-0.39, 0.29) is 5.75 Å². The second-order valence-corrected chi connectivity index (χ2v) is 5.46. The van der Waals surface area contributed by atoms with Crippen LogP contribution in [0.2, 0.25) is 0 Å². The Morgan fingerprint density at radius 2 is 1.81 bits per heavy atom. The van der Waals surface area contributed by atoms with Crippen molar-refractivity contribution >= 4 is 27.5 Å². The summed E-state index contributed by atoms with van der Waals surface area (Å²) in [5.74, 6) is 0.735. The van der Waals surface area contributed by atoms with Gasteiger partial charge in [-0.15, -0.1) is 11.6 Å². The molecule has 112 valence electrons. The summed E-state index contributed by atoms with van der Waals surface area (Å²) < 4.78 is 35.3. The summed E-state index contributed by atoms with van der Waals surface area (Å²) in [7, 11) is 1.56. The quantitative estimate of drug-likeness (QED) is 0.651. The SMILES string of the molecule is COc1ccc(C(Cl)c2ccccc2OC(F)F)cc1Br. The van der Waals surface area contributed by atoms with Crippen LogP contribution < -0.4 is 9.47 Å². The minimum absolute atomic E-state index is 0.0689. The van der Waals surface area contributed by atoms with Crippen LogP contribution in [-0.2, 0) is 0 Å². The number of hydrogen-bond donors (Lipinski definition) is 0. The van der Waals surface area contributed by atoms with Crippen molar-refractivity contribution in [2.75, 3.05) is 7.11 Å². The summed E-state index contributed by atoms with van der Waals surface area (Å²) in [5, 5.41) is -0.609. The van der Waals surface area contributed by atoms with Crippen molar-refractivity contribution in [3.05, 3.63) is 58.1 Å². The molecule has 21 heavy (non-hydrogen) atoms. The molecule has 0 saturated heterocycles. The zero-order valence-corrected chi connectivity index (χ0v) is 13.4. The fourth-order valence-electron chi connectivity index (χ4n) is 1.91. The molecular weight excluding hydrogens is 366 g/mol. The lowest BCUT2D eigenvalue weighted by Crippen LogP contribution is -2.06. The first-order valence-electron chi connectivity index (χ1n) is 6.04. The van der Waals surface area contributed by atoms with Gasteiger partial charge in [0.25, 0.3) is 0 Å². The molecule has 0 fully saturated rings. The second kappa shape index (κ2) is 7.09. The highest BCUT2D eigenvalue weighted by Gasteiger charge is 2.18. The van der Waals surface area contributed by atoms with Crippen molar-refractivity contribution in [1.82, 2.24) is 0 Å². The molecule has 0 spiro atoms. The highest BCUT2D eigenvalue weighted by molar-refractivity contribution is 9.10. The van der Waals surface area contributed by atoms with Crippen LogP contribution in [0.3, 0.4) is 0 Å². The van der Waals surface area contributed by atoms with E-state index in [1.165, 1.54) is 6.07 Å². The van der Waals surface area contributed by atoms with Gasteiger partial charge in [0.15, 0.2) is 0 Å². The minimum atomic E-state index is -2.89. The molecule has 2 rings (SSSR count). The maximum absolute atomic E-state index is 12.4. The van der Waals surface area contributed by atoms with E-state index in [4.69, 9.17) is 16.3 Å². The number of ether oxygens (including phenoxy) is 2. The predicted octanol–water partition coefficient (Wildman–Crippen LogP) is 5.39. The molecule has 2 aromatic carbocycles. The van der Waals surface area contributed by atoms with E-state index in [9.17, 15) is 8.78 Å². The first kappa shape index (κ1) is 16.0. The van der Waals surface area contributed by atoms with Gasteiger partial charge < -0.3 is 9.47 Å². The third kappa shape index (κ3) is 3.86. The lowest BCUT2D eigenvalue weighted by Gasteiger charge is -2.16. The van der Waals surface area contributed by atoms with Crippen molar-refractivity contribution in [2.45, 2.75) is 12.0 Å². The van der Waals surface area contributed by atoms with E-state index in [1.807, 2.05) is 0 Å². The maximum Gasteiger partial charge on any atom is 0.387 e. The van der Waals surface area contributed by atoms with Gasteiger partial charge in [0, 0.05) is 5.56 Å². The first-order valence-corrected chi connectivity index (χ1v) is 7.27. The van der Waals surface area contributed by atoms with Gasteiger partial charge in [-0.25, -0.2) is 0 Å². The standard InChI is InChI=1S/C15H12BrClF2O2/c1-20-13-7-6-9(8-11(13)16)14(17)10-4-2-3-5-12(10)21-15(18)19/h2-8,14-15H,1H3. The Balaban J connectivity index is 2.35. The molecule has 0 N–H and O–H groups in total. The van der Waals surface area contributed by atoms with Crippen LogP contribution in [0.25, 0.3) is 0 Å². The molecule has 0 aromatic heterocycles. The second-order valence-electron chi connectivity index (χ2n) is 4.17. The van der Waals surface area contributed by atoms with Crippen LogP contribution in [-0.4, -0.2) is 13.7 Å². The number of benzene rings is 2. The third-order valence-electron chi connectivity index (χ3n) is 2.88. The Morgan fingerprint density at radius 1 is 1.10 bits per heavy atom. The average Bonchev–Trinajstić information content (AvgIpc) is 2.46. The summed E-state index contributed by atoms with van der Waals surface area (Å²) in [6, 6.07) is 11.8. The molecule has 0 saturated carbocycles. The van der Waals surface area contributed by atoms with E-state index in [0.717, 1.165) is 10.0 Å². The molecule has 1 atom stereocenters. The van der Waals surface area contributed by atoms with Crippen molar-refractivity contribution in [3.63, 3.8) is 0 Å². The molecule has 2 nitrogen and oxygen atoms in total. The van der Waals surface area contributed by atoms with Crippen LogP contribution in [0.4, 0.5) is 8.78 Å². The van der Waals surface area contributed by atoms with Crippen molar-refractivity contribution in [3.8, 4) is 11.5 Å². The highest BCUT2D eigenvalue weighted by atomic mass is 79.9. The third-order valence-corrected chi connectivity index (χ3v) is 3.98. The molecule has 0 aliphatic carbocycles. The molecular formula is C15H12BrClF2O2. The van der Waals surface area contributed by atoms with Gasteiger partial charge >= 0.3 is 6.61 Å². The van der Waals surface area contributed by atoms with E-state index < -0.39 is 12.0 Å². The van der Waals surface area contributed by atoms with Crippen LogP contribution in [0.5, 0.6) is 11.5 Å². The average molecular weight is 378 g/mol. The minimum Gasteiger partial charge on any atom is -0.496 e. The van der Waals surface area contributed by atoms with Gasteiger partial charge in [-0.05, 0) is 39.7 Å². The number of alkyl halides is 3. The van der Waals surface area contributed by atoms with E-state index in [1.54, 1.807) is 43.5 Å². The lowest BCUT2D eigenvalue weighted by molar-refractivity contribution is -0.0504. The zero-order chi connectivity index (χ0) is 15.4. The molecule has 0 aliphatic heterocycles. The van der Waals surface area contributed by atoms with Gasteiger partial charge in [0.2, 0.25) is 0 Å². The maximum atomic E-state index is 12.4. The molecule has 0 radical (unpaired) electrons. The van der Waals surface area contributed by atoms with Crippen molar-refractivity contribution < 1.29 is 18.3 Å². The monoisotopic (exact) mass is 376 g/mol. The number of rotatable bonds is 5. The Hall–Kier alpha value is -1.33. The van der Waals surface area contributed by atoms with Gasteiger partial charge in [-0.1, -0.05) is 24.3 Å². The van der Waals surface area contributed by atoms with Gasteiger partial charge in [0.1, 0.15) is 11.5 Å². The van der Waals surface area contributed by atoms with E-state index in [0.29, 0.717) is 11.3 Å². The van der Waals surface area contributed by atoms with Crippen LogP contribution in [0.1, 0.15) is 16.5 Å². The van der Waals surface area contributed by atoms with Crippen LogP contribution in [0, 0.1) is 0 Å². The summed E-state index contributed by atoms with van der Waals surface area (Å²) in [6.45, 7) is -2.89. The molecule has 0 heterocycles. The Morgan fingerprint density at radius 3 is 2.43 bits per heavy atom. The topological polar surface area (TPSA) is 18.5 Å². The molecule has 1 unspecified atom stereocenters. The normalized spacial score (nSPS) is 12.3. The largest absolute Gasteiger partial charge is 0.496 e. The van der Waals surface area contributed by atoms with Crippen LogP contribution >= 0.6 is 27.5 Å². The highest BCUT2D eigenvalue weighted by Crippen LogP contribution is 2.38. The first-order chi connectivity index (χ1) is 10.0. The van der Waals surface area contributed by atoms with E-state index in [2.05, 4.69) is 20.7 Å². The summed E-state index contributed by atoms with van der Waals surface area (Å²) in [6.07, 6.45) is 0. The Labute approximate surface area is 134 Å². The van der Waals surface area contributed by atoms with Gasteiger partial charge in [0.05, 0.1) is 17.0 Å². The van der Waals surface area contributed by atoms with E-state index >= 15 is 0 Å². The molecule has 2 aromatic rings. The van der Waals surface area contributed by atoms with Crippen molar-refractivity contribution in [2.24, 2.45) is 0 Å². The summed E-state index contributed by atoms with van der Waals surface area (Å²) >= 11 is 9.77. The lowest BCUT2D eigenvalue weighted by atomic mass is 10.0. The summed E-state index contributed by atoms with van der Waals surface area (Å²) in [5.41, 5.74) is 1.23. The molecule has 0 amide bonds. The smallest absolute Gasteiger partial charge is 0.387 e. The fraction of sp³-hybridized carbons (Fsp3) is 0.200. The van der Waals surface area contributed by atoms with Crippen LogP contribution in [0.15, 0.2) is 46.9 Å². The zero-order valence-electron chi connectivity index (χ0n) is 11.0. The molecule has 6 heteroatoms. The van der Waals surface area contributed by atoms with Gasteiger partial charge in [-0.3, -0.25) is 0 Å². The Kier molecular flexibility index (Phi) is 5.42. The van der Waals surface area contributed by atoms with Crippen molar-refractivity contribution in [1.29, 1.82) is 0 Å². The Bertz CT molecular complexity index is 622. The predicted molar refractivity (Wildman–Crippen MR) is 81.5 cm³/mol. The number of hydrogen-bond acceptors (Lipinski definition) is 2.